The van der Waals surface area contributed by atoms with Gasteiger partial charge in [0.2, 0.25) is 27.7 Å². The van der Waals surface area contributed by atoms with Gasteiger partial charge in [-0.2, -0.15) is 0 Å². The number of benzene rings is 1. The summed E-state index contributed by atoms with van der Waals surface area (Å²) in [6.45, 7) is 3.97. The average Bonchev–Trinajstić information content (AvgIpc) is 4.01. The number of aromatic nitrogens is 2. The number of para-hydroxylation sites is 2. The number of nitrogens with one attached hydrogen (secondary N) is 3. The van der Waals surface area contributed by atoms with Gasteiger partial charge in [-0.25, -0.2) is 23.2 Å². The summed E-state index contributed by atoms with van der Waals surface area (Å²) in [5, 5.41) is 6.93. The van der Waals surface area contributed by atoms with E-state index in [0.29, 0.717) is 48.8 Å². The number of amides is 4. The molecule has 16 heteroatoms. The molecule has 7 rings (SSSR count). The number of sulfonamides is 1. The fraction of sp³-hybridized carbons (Fsp3) is 0.526. The van der Waals surface area contributed by atoms with Crippen LogP contribution in [0.2, 0.25) is 0 Å². The highest BCUT2D eigenvalue weighted by atomic mass is 32.2. The monoisotopic (exact) mass is 778 g/mol. The third-order valence-corrected chi connectivity index (χ3v) is 12.9. The Morgan fingerprint density at radius 2 is 1.83 bits per heavy atom. The summed E-state index contributed by atoms with van der Waals surface area (Å²) >= 11 is 1.48. The smallest absolute Gasteiger partial charge is 0.407 e. The molecule has 3 N–H and O–H groups in total. The molecule has 54 heavy (non-hydrogen) atoms. The number of ether oxygens (including phenoxy) is 2. The largest absolute Gasteiger partial charge is 0.471 e. The quantitative estimate of drug-likeness (QED) is 0.262. The van der Waals surface area contributed by atoms with Crippen molar-refractivity contribution in [2.45, 2.75) is 101 Å². The number of hydrogen-bond acceptors (Lipinski definition) is 11. The number of allylic oxidation sites excluding steroid dienone is 1. The molecule has 14 nitrogen and oxygen atoms in total. The highest BCUT2D eigenvalue weighted by Gasteiger charge is 2.62. The number of carbonyl (C=O) groups excluding carboxylic acids is 4. The first-order valence-corrected chi connectivity index (χ1v) is 21.1. The van der Waals surface area contributed by atoms with Crippen molar-refractivity contribution >= 4 is 56.2 Å². The number of carbonyl (C=O) groups is 4. The van der Waals surface area contributed by atoms with E-state index in [9.17, 15) is 27.6 Å². The molecular weight excluding hydrogens is 733 g/mol. The minimum absolute atomic E-state index is 0.0207. The van der Waals surface area contributed by atoms with Gasteiger partial charge in [-0.1, -0.05) is 57.0 Å². The maximum absolute atomic E-state index is 14.5. The van der Waals surface area contributed by atoms with E-state index in [4.69, 9.17) is 19.4 Å². The van der Waals surface area contributed by atoms with Gasteiger partial charge in [0.1, 0.15) is 29.4 Å². The summed E-state index contributed by atoms with van der Waals surface area (Å²) in [5.74, 6) is -1.99. The Kier molecular flexibility index (Phi) is 10.9. The van der Waals surface area contributed by atoms with E-state index in [1.54, 1.807) is 0 Å². The molecule has 4 aliphatic rings. The molecule has 0 bridgehead atoms. The summed E-state index contributed by atoms with van der Waals surface area (Å²) in [4.78, 5) is 67.4. The summed E-state index contributed by atoms with van der Waals surface area (Å²) in [7, 11) is -3.89. The Morgan fingerprint density at radius 3 is 2.56 bits per heavy atom. The minimum atomic E-state index is -3.89. The van der Waals surface area contributed by atoms with Crippen molar-refractivity contribution in [2.75, 3.05) is 13.2 Å². The standard InChI is InChI=1S/C38H46N6O8S2/c1-23(2)22-51-37(48)41-29-14-7-5-3-4-6-11-24-20-38(24,36(47)43-54(49,50)26-16-17-26)42-33(45)30-19-25(21-44(30)35(29)46)52-34-32(31-15-10-18-53-31)39-27-12-8-9-13-28(27)40-34/h6,8-13,15,18,23-26,29-30H,3-5,7,14,16-17,19-22H2,1-2H3,(H,41,48)(H,42,45)(H,43,47)/b11-6-/t24?,25-,29-,30+,38-/m1/s1. The van der Waals surface area contributed by atoms with E-state index in [2.05, 4.69) is 15.4 Å². The van der Waals surface area contributed by atoms with Gasteiger partial charge in [-0.05, 0) is 68.0 Å². The maximum atomic E-state index is 14.5. The lowest BCUT2D eigenvalue weighted by molar-refractivity contribution is -0.141. The number of alkyl carbamates (subject to hydrolysis) is 1. The summed E-state index contributed by atoms with van der Waals surface area (Å²) in [6.07, 6.45) is 6.79. The number of rotatable bonds is 9. The average molecular weight is 779 g/mol. The van der Waals surface area contributed by atoms with Crippen LogP contribution >= 0.6 is 11.3 Å². The molecule has 2 saturated carbocycles. The molecule has 0 radical (unpaired) electrons. The molecule has 2 aromatic heterocycles. The van der Waals surface area contributed by atoms with Gasteiger partial charge in [0.25, 0.3) is 5.91 Å². The van der Waals surface area contributed by atoms with Gasteiger partial charge >= 0.3 is 6.09 Å². The van der Waals surface area contributed by atoms with Gasteiger partial charge in [0.15, 0.2) is 0 Å². The maximum Gasteiger partial charge on any atom is 0.407 e. The fourth-order valence-electron chi connectivity index (χ4n) is 7.07. The molecule has 5 atom stereocenters. The molecule has 4 heterocycles. The lowest BCUT2D eigenvalue weighted by Gasteiger charge is -2.29. The van der Waals surface area contributed by atoms with E-state index in [1.807, 2.05) is 67.8 Å². The number of fused-ring (bicyclic) bond motifs is 3. The first-order valence-electron chi connectivity index (χ1n) is 18.7. The summed E-state index contributed by atoms with van der Waals surface area (Å²) in [6, 6.07) is 9.12. The number of hydrogen-bond donors (Lipinski definition) is 3. The lowest BCUT2D eigenvalue weighted by atomic mass is 10.0. The second kappa shape index (κ2) is 15.7. The number of nitrogens with zero attached hydrogens (tertiary/aromatic N) is 3. The Balaban J connectivity index is 1.20. The Labute approximate surface area is 318 Å². The van der Waals surface area contributed by atoms with Crippen LogP contribution in [-0.2, 0) is 29.1 Å². The van der Waals surface area contributed by atoms with Crippen LogP contribution in [0.15, 0.2) is 53.9 Å². The lowest BCUT2D eigenvalue weighted by Crippen LogP contribution is -2.58. The van der Waals surface area contributed by atoms with Crippen molar-refractivity contribution in [1.29, 1.82) is 0 Å². The molecule has 1 unspecified atom stereocenters. The van der Waals surface area contributed by atoms with Crippen molar-refractivity contribution < 1.29 is 37.1 Å². The van der Waals surface area contributed by atoms with E-state index >= 15 is 0 Å². The van der Waals surface area contributed by atoms with E-state index in [-0.39, 0.29) is 37.8 Å². The van der Waals surface area contributed by atoms with Crippen LogP contribution in [0.5, 0.6) is 5.88 Å². The van der Waals surface area contributed by atoms with Gasteiger partial charge < -0.3 is 25.0 Å². The molecule has 0 spiro atoms. The third kappa shape index (κ3) is 8.38. The highest BCUT2D eigenvalue weighted by Crippen LogP contribution is 2.46. The van der Waals surface area contributed by atoms with Crippen molar-refractivity contribution in [3.05, 3.63) is 53.9 Å². The third-order valence-electron chi connectivity index (χ3n) is 10.3. The Hall–Kier alpha value is -4.57. The second-order valence-corrected chi connectivity index (χ2v) is 17.9. The number of thiophene rings is 1. The molecule has 3 fully saturated rings. The van der Waals surface area contributed by atoms with Gasteiger partial charge in [-0.3, -0.25) is 19.1 Å². The zero-order valence-electron chi connectivity index (χ0n) is 30.4. The predicted molar refractivity (Wildman–Crippen MR) is 202 cm³/mol. The summed E-state index contributed by atoms with van der Waals surface area (Å²) in [5.41, 5.74) is 0.315. The van der Waals surface area contributed by atoms with Gasteiger partial charge in [0.05, 0.1) is 34.3 Å². The van der Waals surface area contributed by atoms with Gasteiger partial charge in [0, 0.05) is 12.3 Å². The van der Waals surface area contributed by atoms with E-state index in [1.165, 1.54) is 16.2 Å². The molecule has 2 aliphatic heterocycles. The molecule has 4 amide bonds. The second-order valence-electron chi connectivity index (χ2n) is 15.0. The first-order chi connectivity index (χ1) is 25.9. The molecule has 1 saturated heterocycles. The van der Waals surface area contributed by atoms with Crippen molar-refractivity contribution in [3.63, 3.8) is 0 Å². The first kappa shape index (κ1) is 37.7. The van der Waals surface area contributed by atoms with Crippen LogP contribution in [-0.4, -0.2) is 89.2 Å². The Morgan fingerprint density at radius 1 is 1.06 bits per heavy atom. The van der Waals surface area contributed by atoms with Crippen LogP contribution in [0.25, 0.3) is 21.6 Å². The van der Waals surface area contributed by atoms with Crippen molar-refractivity contribution in [2.24, 2.45) is 11.8 Å². The fourth-order valence-corrected chi connectivity index (χ4v) is 9.14. The van der Waals surface area contributed by atoms with E-state index in [0.717, 1.165) is 17.7 Å². The molecule has 3 aromatic rings. The SMILES string of the molecule is CC(C)COC(=O)N[C@@H]1CCCCC/C=C\C2C[C@@]2(C(=O)NS(=O)(=O)C2CC2)NC(=O)[C@@H]2C[C@@H](Oc3nc4ccccc4nc3-c3cccs3)CN2C1=O. The van der Waals surface area contributed by atoms with Crippen molar-refractivity contribution in [1.82, 2.24) is 30.2 Å². The Bertz CT molecular complexity index is 2040. The highest BCUT2D eigenvalue weighted by molar-refractivity contribution is 7.91. The molecule has 288 valence electrons. The molecular formula is C38H46N6O8S2. The van der Waals surface area contributed by atoms with Gasteiger partial charge in [-0.15, -0.1) is 11.3 Å². The van der Waals surface area contributed by atoms with Crippen molar-refractivity contribution in [3.8, 4) is 16.5 Å². The topological polar surface area (TPSA) is 186 Å². The van der Waals surface area contributed by atoms with Crippen LogP contribution < -0.4 is 20.1 Å². The van der Waals surface area contributed by atoms with Crippen LogP contribution in [0, 0.1) is 11.8 Å². The summed E-state index contributed by atoms with van der Waals surface area (Å²) < 4.78 is 39.8. The van der Waals surface area contributed by atoms with E-state index < -0.39 is 68.7 Å². The van der Waals surface area contributed by atoms with Crippen LogP contribution in [0.4, 0.5) is 4.79 Å². The molecule has 1 aromatic carbocycles. The van der Waals surface area contributed by atoms with Crippen LogP contribution in [0.1, 0.15) is 71.6 Å². The predicted octanol–water partition coefficient (Wildman–Crippen LogP) is 4.46. The molecule has 2 aliphatic carbocycles. The zero-order valence-corrected chi connectivity index (χ0v) is 32.0. The zero-order chi connectivity index (χ0) is 38.0. The minimum Gasteiger partial charge on any atom is -0.471 e. The normalized spacial score (nSPS) is 26.8. The van der Waals surface area contributed by atoms with Crippen LogP contribution in [0.3, 0.4) is 0 Å².